The van der Waals surface area contributed by atoms with Crippen LogP contribution in [0.5, 0.6) is 0 Å². The molecule has 39 heavy (non-hydrogen) atoms. The summed E-state index contributed by atoms with van der Waals surface area (Å²) in [6.07, 6.45) is 9.99. The first-order valence-corrected chi connectivity index (χ1v) is 14.6. The summed E-state index contributed by atoms with van der Waals surface area (Å²) in [4.78, 5) is 49.6. The summed E-state index contributed by atoms with van der Waals surface area (Å²) in [5, 5.41) is 7.67. The number of amides is 3. The molecule has 1 aliphatic carbocycles. The molecule has 3 N–H and O–H groups in total. The molecule has 3 atom stereocenters. The van der Waals surface area contributed by atoms with Crippen LogP contribution in [0.2, 0.25) is 5.02 Å². The molecule has 3 aliphatic rings. The third kappa shape index (κ3) is 5.86. The lowest BCUT2D eigenvalue weighted by Gasteiger charge is -2.36. The van der Waals surface area contributed by atoms with Crippen molar-refractivity contribution in [2.45, 2.75) is 89.3 Å². The van der Waals surface area contributed by atoms with Gasteiger partial charge in [-0.2, -0.15) is 0 Å². The maximum Gasteiger partial charge on any atom is 0.271 e. The first kappa shape index (κ1) is 27.7. The summed E-state index contributed by atoms with van der Waals surface area (Å²) in [6, 6.07) is 6.43. The van der Waals surface area contributed by atoms with E-state index in [9.17, 15) is 14.4 Å². The molecule has 1 spiro atoms. The Bertz CT molecular complexity index is 1280. The molecule has 9 heteroatoms. The summed E-state index contributed by atoms with van der Waals surface area (Å²) >= 11 is 6.36. The number of para-hydroxylation sites is 1. The molecule has 1 aromatic heterocycles. The van der Waals surface area contributed by atoms with Gasteiger partial charge in [0, 0.05) is 36.7 Å². The van der Waals surface area contributed by atoms with E-state index in [2.05, 4.69) is 20.6 Å². The Kier molecular flexibility index (Phi) is 7.77. The van der Waals surface area contributed by atoms with Gasteiger partial charge in [0.05, 0.1) is 16.6 Å². The Balaban J connectivity index is 1.36. The molecular formula is C30H40ClN5O3. The summed E-state index contributed by atoms with van der Waals surface area (Å²) in [5.41, 5.74) is 0.917. The van der Waals surface area contributed by atoms with Gasteiger partial charge in [0.25, 0.3) is 5.91 Å². The van der Waals surface area contributed by atoms with Crippen LogP contribution in [0.1, 0.15) is 82.1 Å². The minimum absolute atomic E-state index is 0.0197. The number of aromatic nitrogens is 1. The second kappa shape index (κ2) is 11.0. The minimum atomic E-state index is -0.579. The number of aliphatic imine (C=N–C) groups is 1. The van der Waals surface area contributed by atoms with E-state index in [4.69, 9.17) is 11.6 Å². The van der Waals surface area contributed by atoms with E-state index >= 15 is 0 Å². The number of nitrogens with one attached hydrogen (secondary N) is 3. The molecule has 3 heterocycles. The van der Waals surface area contributed by atoms with Crippen molar-refractivity contribution < 1.29 is 14.4 Å². The Hall–Kier alpha value is -2.87. The molecule has 0 bridgehead atoms. The molecule has 0 radical (unpaired) electrons. The van der Waals surface area contributed by atoms with Crippen molar-refractivity contribution in [2.75, 3.05) is 13.6 Å². The molecule has 2 aliphatic heterocycles. The highest BCUT2D eigenvalue weighted by Gasteiger charge is 2.49. The lowest BCUT2D eigenvalue weighted by molar-refractivity contribution is -0.130. The van der Waals surface area contributed by atoms with Crippen LogP contribution >= 0.6 is 11.6 Å². The van der Waals surface area contributed by atoms with E-state index in [0.29, 0.717) is 30.1 Å². The van der Waals surface area contributed by atoms with E-state index in [1.54, 1.807) is 24.2 Å². The molecule has 3 amide bonds. The minimum Gasteiger partial charge on any atom is -0.351 e. The smallest absolute Gasteiger partial charge is 0.271 e. The summed E-state index contributed by atoms with van der Waals surface area (Å²) in [5.74, 6) is -0.532. The maximum atomic E-state index is 13.9. The van der Waals surface area contributed by atoms with Crippen LogP contribution in [0.15, 0.2) is 29.3 Å². The number of nitrogens with zero attached hydrogens (tertiary/aromatic N) is 2. The van der Waals surface area contributed by atoms with Gasteiger partial charge in [0.1, 0.15) is 11.7 Å². The molecule has 210 valence electrons. The molecule has 8 nitrogen and oxygen atoms in total. The number of likely N-dealkylation sites (tertiary alicyclic amines) is 1. The lowest BCUT2D eigenvalue weighted by Crippen LogP contribution is -2.53. The number of fused-ring (bicyclic) bond motifs is 1. The highest BCUT2D eigenvalue weighted by Crippen LogP contribution is 2.47. The number of halogens is 1. The predicted octanol–water partition coefficient (Wildman–Crippen LogP) is 4.87. The van der Waals surface area contributed by atoms with Crippen LogP contribution in [0.4, 0.5) is 0 Å². The van der Waals surface area contributed by atoms with Crippen molar-refractivity contribution >= 4 is 46.4 Å². The summed E-state index contributed by atoms with van der Waals surface area (Å²) in [7, 11) is 1.67. The van der Waals surface area contributed by atoms with Gasteiger partial charge < -0.3 is 20.5 Å². The van der Waals surface area contributed by atoms with E-state index < -0.39 is 6.04 Å². The summed E-state index contributed by atoms with van der Waals surface area (Å²) < 4.78 is 0. The Labute approximate surface area is 235 Å². The van der Waals surface area contributed by atoms with Crippen LogP contribution < -0.4 is 10.6 Å². The largest absolute Gasteiger partial charge is 0.351 e. The average Bonchev–Trinajstić information content (AvgIpc) is 3.49. The van der Waals surface area contributed by atoms with Crippen molar-refractivity contribution in [3.63, 3.8) is 0 Å². The van der Waals surface area contributed by atoms with Crippen LogP contribution in [0, 0.1) is 11.3 Å². The van der Waals surface area contributed by atoms with Crippen LogP contribution in [0.3, 0.4) is 0 Å². The first-order valence-electron chi connectivity index (χ1n) is 14.2. The Morgan fingerprint density at radius 1 is 1.23 bits per heavy atom. The molecular weight excluding hydrogens is 514 g/mol. The van der Waals surface area contributed by atoms with E-state index in [-0.39, 0.29) is 40.6 Å². The van der Waals surface area contributed by atoms with Crippen LogP contribution in [0.25, 0.3) is 10.9 Å². The van der Waals surface area contributed by atoms with Gasteiger partial charge in [0.15, 0.2) is 0 Å². The van der Waals surface area contributed by atoms with Gasteiger partial charge in [-0.3, -0.25) is 19.4 Å². The van der Waals surface area contributed by atoms with Crippen molar-refractivity contribution in [1.82, 2.24) is 20.5 Å². The van der Waals surface area contributed by atoms with Gasteiger partial charge in [-0.25, -0.2) is 0 Å². The zero-order valence-electron chi connectivity index (χ0n) is 23.2. The molecule has 2 aromatic rings. The van der Waals surface area contributed by atoms with Crippen molar-refractivity contribution in [2.24, 2.45) is 16.3 Å². The van der Waals surface area contributed by atoms with Gasteiger partial charge >= 0.3 is 0 Å². The fraction of sp³-hybridized carbons (Fsp3) is 0.600. The van der Waals surface area contributed by atoms with Gasteiger partial charge in [-0.1, -0.05) is 43.0 Å². The number of carbonyl (C=O) groups is 3. The molecule has 2 saturated heterocycles. The maximum absolute atomic E-state index is 13.9. The molecule has 5 rings (SSSR count). The van der Waals surface area contributed by atoms with Crippen LogP contribution in [-0.2, 0) is 9.59 Å². The van der Waals surface area contributed by atoms with E-state index in [1.165, 1.54) is 6.42 Å². The highest BCUT2D eigenvalue weighted by molar-refractivity contribution is 6.35. The second-order valence-electron chi connectivity index (χ2n) is 12.5. The molecule has 1 saturated carbocycles. The van der Waals surface area contributed by atoms with Gasteiger partial charge in [-0.05, 0) is 69.9 Å². The molecule has 1 aromatic carbocycles. The van der Waals surface area contributed by atoms with Crippen molar-refractivity contribution in [3.05, 3.63) is 35.0 Å². The van der Waals surface area contributed by atoms with E-state index in [0.717, 1.165) is 49.4 Å². The van der Waals surface area contributed by atoms with Crippen molar-refractivity contribution in [3.8, 4) is 0 Å². The summed E-state index contributed by atoms with van der Waals surface area (Å²) in [6.45, 7) is 4.63. The quantitative estimate of drug-likeness (QED) is 0.444. The fourth-order valence-corrected chi connectivity index (χ4v) is 7.10. The Morgan fingerprint density at radius 3 is 2.69 bits per heavy atom. The van der Waals surface area contributed by atoms with Gasteiger partial charge in [0.2, 0.25) is 11.8 Å². The number of hydrogen-bond acceptors (Lipinski definition) is 4. The normalized spacial score (nSPS) is 25.2. The fourth-order valence-electron chi connectivity index (χ4n) is 6.87. The number of piperidine rings is 1. The lowest BCUT2D eigenvalue weighted by atomic mass is 9.72. The monoisotopic (exact) mass is 553 g/mol. The first-order chi connectivity index (χ1) is 18.6. The predicted molar refractivity (Wildman–Crippen MR) is 154 cm³/mol. The zero-order valence-corrected chi connectivity index (χ0v) is 23.9. The van der Waals surface area contributed by atoms with Gasteiger partial charge in [-0.15, -0.1) is 0 Å². The number of benzene rings is 1. The molecule has 3 fully saturated rings. The number of hydrogen-bond donors (Lipinski definition) is 3. The van der Waals surface area contributed by atoms with Crippen LogP contribution in [-0.4, -0.2) is 65.0 Å². The van der Waals surface area contributed by atoms with E-state index in [1.807, 2.05) is 32.0 Å². The number of rotatable bonds is 6. The average molecular weight is 554 g/mol. The second-order valence-corrected chi connectivity index (χ2v) is 12.9. The highest BCUT2D eigenvalue weighted by atomic mass is 35.5. The Morgan fingerprint density at radius 2 is 2.00 bits per heavy atom. The SMILES string of the molecule is CN=C[C@H](C[C@@H]1CCC(C)(C)NC1=O)NC(=O)C1CC2(CCCCC2)CN1C(=O)c1cc2cccc(Cl)c2[nH]1. The number of H-pyrrole nitrogens is 1. The third-order valence-electron chi connectivity index (χ3n) is 8.97. The topological polar surface area (TPSA) is 107 Å². The standard InChI is InChI=1S/C30H40ClN5O3/c1-29(2)13-10-20(26(37)35-29)14-21(17-32-3)33-27(38)24-16-30(11-5-4-6-12-30)18-36(24)28(39)23-15-19-8-7-9-22(31)25(19)34-23/h7-9,15,17,20-21,24,34H,4-6,10-14,16,18H2,1-3H3,(H,33,38)(H,35,37)/t20-,21-,24?/m0/s1. The zero-order chi connectivity index (χ0) is 27.8. The number of aromatic amines is 1. The third-order valence-corrected chi connectivity index (χ3v) is 9.28. The number of carbonyl (C=O) groups excluding carboxylic acids is 3. The molecule has 1 unspecified atom stereocenters. The van der Waals surface area contributed by atoms with Crippen molar-refractivity contribution in [1.29, 1.82) is 0 Å².